The maximum Gasteiger partial charge on any atom is 0.328 e. The van der Waals surface area contributed by atoms with Crippen molar-refractivity contribution in [2.75, 3.05) is 0 Å². The van der Waals surface area contributed by atoms with Crippen molar-refractivity contribution in [1.29, 1.82) is 0 Å². The van der Waals surface area contributed by atoms with Gasteiger partial charge >= 0.3 is 5.69 Å². The smallest absolute Gasteiger partial charge is 0.314 e. The van der Waals surface area contributed by atoms with E-state index in [4.69, 9.17) is 0 Å². The molecule has 1 aromatic heterocycles. The lowest BCUT2D eigenvalue weighted by Gasteiger charge is -2.04. The molecule has 0 aliphatic carbocycles. The molecule has 4 nitrogen and oxygen atoms in total. The largest absolute Gasteiger partial charge is 0.328 e. The van der Waals surface area contributed by atoms with Crippen LogP contribution in [0.25, 0.3) is 0 Å². The van der Waals surface area contributed by atoms with Crippen molar-refractivity contribution in [2.24, 2.45) is 0 Å². The molecule has 0 fully saturated rings. The fourth-order valence-corrected chi connectivity index (χ4v) is 1.85. The fourth-order valence-electron chi connectivity index (χ4n) is 1.42. The monoisotopic (exact) mass is 298 g/mol. The lowest BCUT2D eigenvalue weighted by atomic mass is 10.2. The maximum atomic E-state index is 13.0. The number of hydrogen-bond acceptors (Lipinski definition) is 2. The third-order valence-electron chi connectivity index (χ3n) is 2.27. The van der Waals surface area contributed by atoms with Gasteiger partial charge in [-0.2, -0.15) is 0 Å². The van der Waals surface area contributed by atoms with Crippen LogP contribution in [0.5, 0.6) is 0 Å². The van der Waals surface area contributed by atoms with Gasteiger partial charge < -0.3 is 4.98 Å². The number of halogens is 2. The van der Waals surface area contributed by atoms with E-state index in [0.29, 0.717) is 10.0 Å². The fraction of sp³-hybridized carbons (Fsp3) is 0.0909. The number of rotatable bonds is 2. The molecule has 1 aromatic carbocycles. The van der Waals surface area contributed by atoms with Crippen LogP contribution in [0.3, 0.4) is 0 Å². The van der Waals surface area contributed by atoms with Crippen LogP contribution in [0.1, 0.15) is 5.56 Å². The van der Waals surface area contributed by atoms with E-state index in [1.54, 1.807) is 0 Å². The quantitative estimate of drug-likeness (QED) is 0.913. The zero-order valence-corrected chi connectivity index (χ0v) is 10.2. The summed E-state index contributed by atoms with van der Waals surface area (Å²) in [6.07, 6.45) is 1.29. The van der Waals surface area contributed by atoms with Gasteiger partial charge in [0.05, 0.1) is 11.0 Å². The molecule has 0 saturated heterocycles. The Morgan fingerprint density at radius 1 is 1.29 bits per heavy atom. The molecule has 0 spiro atoms. The highest BCUT2D eigenvalue weighted by molar-refractivity contribution is 9.10. The lowest BCUT2D eigenvalue weighted by molar-refractivity contribution is 0.618. The van der Waals surface area contributed by atoms with Crippen LogP contribution in [-0.2, 0) is 6.54 Å². The maximum absolute atomic E-state index is 13.0. The standard InChI is InChI=1S/C11H8BrFN2O2/c12-8-5-7(1-2-9(8)13)6-15-10(16)3-4-14-11(15)17/h1-5H,6H2,(H,14,17). The molecular weight excluding hydrogens is 291 g/mol. The molecule has 0 saturated carbocycles. The van der Waals surface area contributed by atoms with Gasteiger partial charge in [0.25, 0.3) is 5.56 Å². The van der Waals surface area contributed by atoms with Gasteiger partial charge in [-0.05, 0) is 33.6 Å². The second kappa shape index (κ2) is 4.67. The predicted octanol–water partition coefficient (Wildman–Crippen LogP) is 1.49. The predicted molar refractivity (Wildman–Crippen MR) is 64.5 cm³/mol. The minimum atomic E-state index is -0.488. The topological polar surface area (TPSA) is 54.9 Å². The summed E-state index contributed by atoms with van der Waals surface area (Å²) in [5, 5.41) is 0. The van der Waals surface area contributed by atoms with Gasteiger partial charge in [0, 0.05) is 12.3 Å². The molecule has 0 bridgehead atoms. The average molecular weight is 299 g/mol. The Kier molecular flexibility index (Phi) is 3.23. The Morgan fingerprint density at radius 3 is 2.71 bits per heavy atom. The number of H-pyrrole nitrogens is 1. The molecule has 0 unspecified atom stereocenters. The van der Waals surface area contributed by atoms with Crippen LogP contribution in [0.2, 0.25) is 0 Å². The molecular formula is C11H8BrFN2O2. The summed E-state index contributed by atoms with van der Waals surface area (Å²) in [5.41, 5.74) is -0.218. The average Bonchev–Trinajstić information content (AvgIpc) is 2.28. The van der Waals surface area contributed by atoms with Crippen LogP contribution in [0.15, 0.2) is 44.5 Å². The summed E-state index contributed by atoms with van der Waals surface area (Å²) < 4.78 is 14.4. The SMILES string of the molecule is O=c1cc[nH]c(=O)n1Cc1ccc(F)c(Br)c1. The second-order valence-corrected chi connectivity index (χ2v) is 4.31. The number of aromatic amines is 1. The highest BCUT2D eigenvalue weighted by Crippen LogP contribution is 2.16. The molecule has 1 heterocycles. The van der Waals surface area contributed by atoms with Crippen LogP contribution >= 0.6 is 15.9 Å². The van der Waals surface area contributed by atoms with Crippen molar-refractivity contribution in [1.82, 2.24) is 9.55 Å². The van der Waals surface area contributed by atoms with Crippen molar-refractivity contribution in [3.05, 3.63) is 67.2 Å². The van der Waals surface area contributed by atoms with E-state index in [9.17, 15) is 14.0 Å². The summed E-state index contributed by atoms with van der Waals surface area (Å²) in [6, 6.07) is 5.61. The Hall–Kier alpha value is -1.69. The Balaban J connectivity index is 2.42. The highest BCUT2D eigenvalue weighted by Gasteiger charge is 2.04. The summed E-state index contributed by atoms with van der Waals surface area (Å²) in [5.74, 6) is -0.386. The lowest BCUT2D eigenvalue weighted by Crippen LogP contribution is -2.34. The van der Waals surface area contributed by atoms with Gasteiger partial charge in [0.1, 0.15) is 5.82 Å². The number of nitrogens with zero attached hydrogens (tertiary/aromatic N) is 1. The van der Waals surface area contributed by atoms with Crippen LogP contribution in [0, 0.1) is 5.82 Å². The number of hydrogen-bond donors (Lipinski definition) is 1. The van der Waals surface area contributed by atoms with Crippen molar-refractivity contribution < 1.29 is 4.39 Å². The first-order valence-electron chi connectivity index (χ1n) is 4.80. The third-order valence-corrected chi connectivity index (χ3v) is 2.88. The normalized spacial score (nSPS) is 10.5. The first-order valence-corrected chi connectivity index (χ1v) is 5.59. The van der Waals surface area contributed by atoms with E-state index in [1.165, 1.54) is 30.5 Å². The number of benzene rings is 1. The molecule has 2 rings (SSSR count). The summed E-state index contributed by atoms with van der Waals surface area (Å²) in [4.78, 5) is 25.3. The molecule has 0 atom stereocenters. The summed E-state index contributed by atoms with van der Waals surface area (Å²) >= 11 is 3.05. The van der Waals surface area contributed by atoms with Crippen molar-refractivity contribution in [3.8, 4) is 0 Å². The van der Waals surface area contributed by atoms with Crippen molar-refractivity contribution in [2.45, 2.75) is 6.54 Å². The third kappa shape index (κ3) is 2.52. The van der Waals surface area contributed by atoms with Gasteiger partial charge in [0.15, 0.2) is 0 Å². The van der Waals surface area contributed by atoms with E-state index in [-0.39, 0.29) is 12.4 Å². The Bertz CT molecular complexity index is 635. The molecule has 2 aromatic rings. The number of nitrogens with one attached hydrogen (secondary N) is 1. The first kappa shape index (κ1) is 11.8. The van der Waals surface area contributed by atoms with Crippen molar-refractivity contribution in [3.63, 3.8) is 0 Å². The minimum Gasteiger partial charge on any atom is -0.314 e. The molecule has 1 N–H and O–H groups in total. The zero-order valence-electron chi connectivity index (χ0n) is 8.61. The van der Waals surface area contributed by atoms with Gasteiger partial charge in [-0.3, -0.25) is 9.36 Å². The van der Waals surface area contributed by atoms with E-state index < -0.39 is 11.2 Å². The summed E-state index contributed by atoms with van der Waals surface area (Å²) in [6.45, 7) is 0.105. The van der Waals surface area contributed by atoms with Crippen LogP contribution in [-0.4, -0.2) is 9.55 Å². The van der Waals surface area contributed by atoms with E-state index >= 15 is 0 Å². The van der Waals surface area contributed by atoms with E-state index in [1.807, 2.05) is 0 Å². The molecule has 88 valence electrons. The van der Waals surface area contributed by atoms with Gasteiger partial charge in [-0.25, -0.2) is 9.18 Å². The first-order chi connectivity index (χ1) is 8.08. The molecule has 6 heteroatoms. The van der Waals surface area contributed by atoms with E-state index in [0.717, 1.165) is 4.57 Å². The van der Waals surface area contributed by atoms with Gasteiger partial charge in [-0.15, -0.1) is 0 Å². The van der Waals surface area contributed by atoms with Gasteiger partial charge in [0.2, 0.25) is 0 Å². The minimum absolute atomic E-state index is 0.105. The molecule has 0 amide bonds. The van der Waals surface area contributed by atoms with Gasteiger partial charge in [-0.1, -0.05) is 6.07 Å². The number of aromatic nitrogens is 2. The molecule has 0 radical (unpaired) electrons. The summed E-state index contributed by atoms with van der Waals surface area (Å²) in [7, 11) is 0. The highest BCUT2D eigenvalue weighted by atomic mass is 79.9. The van der Waals surface area contributed by atoms with E-state index in [2.05, 4.69) is 20.9 Å². The van der Waals surface area contributed by atoms with Crippen LogP contribution < -0.4 is 11.2 Å². The molecule has 0 aliphatic rings. The zero-order chi connectivity index (χ0) is 12.4. The van der Waals surface area contributed by atoms with Crippen molar-refractivity contribution >= 4 is 15.9 Å². The van der Waals surface area contributed by atoms with Crippen LogP contribution in [0.4, 0.5) is 4.39 Å². The molecule has 0 aliphatic heterocycles. The molecule has 17 heavy (non-hydrogen) atoms. The Labute approximate surface area is 104 Å². The Morgan fingerprint density at radius 2 is 2.06 bits per heavy atom. The second-order valence-electron chi connectivity index (χ2n) is 3.46.